The summed E-state index contributed by atoms with van der Waals surface area (Å²) in [4.78, 5) is 56.2. The van der Waals surface area contributed by atoms with Crippen molar-refractivity contribution in [2.24, 2.45) is 0 Å². The van der Waals surface area contributed by atoms with Gasteiger partial charge in [-0.1, -0.05) is 48.5 Å². The highest BCUT2D eigenvalue weighted by molar-refractivity contribution is 8.00. The van der Waals surface area contributed by atoms with E-state index in [0.717, 1.165) is 27.5 Å². The molecule has 0 radical (unpaired) electrons. The van der Waals surface area contributed by atoms with E-state index >= 15 is 0 Å². The molecule has 0 saturated heterocycles. The fourth-order valence-corrected chi connectivity index (χ4v) is 6.80. The number of hydrogen-bond acceptors (Lipinski definition) is 9. The maximum Gasteiger partial charge on any atom is 0.272 e. The third kappa shape index (κ3) is 9.61. The van der Waals surface area contributed by atoms with Crippen molar-refractivity contribution in [3.63, 3.8) is 0 Å². The Bertz CT molecular complexity index is 2240. The van der Waals surface area contributed by atoms with Crippen LogP contribution in [0.15, 0.2) is 149 Å². The molecule has 0 aliphatic carbocycles. The van der Waals surface area contributed by atoms with Crippen LogP contribution in [0.3, 0.4) is 0 Å². The highest BCUT2D eigenvalue weighted by Gasteiger charge is 2.24. The normalized spacial score (nSPS) is 11.6. The zero-order chi connectivity index (χ0) is 37.2. The number of carbonyl (C=O) groups is 3. The van der Waals surface area contributed by atoms with E-state index in [9.17, 15) is 24.5 Å². The predicted molar refractivity (Wildman–Crippen MR) is 208 cm³/mol. The summed E-state index contributed by atoms with van der Waals surface area (Å²) in [6, 6.07) is 37.9. The second-order valence-electron chi connectivity index (χ2n) is 11.4. The molecule has 1 aromatic heterocycles. The van der Waals surface area contributed by atoms with Gasteiger partial charge in [-0.25, -0.2) is 4.98 Å². The molecular formula is C40H31N5O6S2. The highest BCUT2D eigenvalue weighted by atomic mass is 32.2. The summed E-state index contributed by atoms with van der Waals surface area (Å²) in [5.74, 6) is -0.610. The number of ether oxygens (including phenoxy) is 1. The van der Waals surface area contributed by atoms with E-state index in [1.807, 2.05) is 60.0 Å². The van der Waals surface area contributed by atoms with Crippen molar-refractivity contribution in [2.75, 3.05) is 17.7 Å². The Morgan fingerprint density at radius 2 is 1.49 bits per heavy atom. The summed E-state index contributed by atoms with van der Waals surface area (Å²) in [5, 5.41) is 21.3. The molecule has 11 nitrogen and oxygen atoms in total. The van der Waals surface area contributed by atoms with E-state index in [0.29, 0.717) is 21.9 Å². The Hall–Kier alpha value is -6.57. The van der Waals surface area contributed by atoms with Crippen LogP contribution in [0, 0.1) is 10.1 Å². The summed E-state index contributed by atoms with van der Waals surface area (Å²) in [6.07, 6.45) is 1.44. The number of non-ortho nitro benzene ring substituents is 1. The number of carbonyl (C=O) groups excluding carboxylic acids is 3. The van der Waals surface area contributed by atoms with Gasteiger partial charge in [0.25, 0.3) is 17.5 Å². The van der Waals surface area contributed by atoms with Crippen molar-refractivity contribution >= 4 is 63.4 Å². The number of nitrogens with zero attached hydrogens (tertiary/aromatic N) is 2. The largest absolute Gasteiger partial charge is 0.497 e. The van der Waals surface area contributed by atoms with Crippen molar-refractivity contribution in [1.29, 1.82) is 0 Å². The number of methoxy groups -OCH3 is 1. The topological polar surface area (TPSA) is 153 Å². The lowest BCUT2D eigenvalue weighted by Gasteiger charge is -2.17. The van der Waals surface area contributed by atoms with Gasteiger partial charge in [0, 0.05) is 39.2 Å². The van der Waals surface area contributed by atoms with Crippen molar-refractivity contribution in [3.8, 4) is 17.0 Å². The van der Waals surface area contributed by atoms with E-state index in [-0.39, 0.29) is 17.3 Å². The van der Waals surface area contributed by atoms with Gasteiger partial charge >= 0.3 is 0 Å². The molecule has 6 aromatic rings. The first-order chi connectivity index (χ1) is 25.7. The van der Waals surface area contributed by atoms with Gasteiger partial charge in [0.15, 0.2) is 5.13 Å². The third-order valence-electron chi connectivity index (χ3n) is 7.77. The van der Waals surface area contributed by atoms with Gasteiger partial charge in [-0.3, -0.25) is 24.5 Å². The molecule has 1 atom stereocenters. The van der Waals surface area contributed by atoms with E-state index in [4.69, 9.17) is 4.74 Å². The molecule has 0 bridgehead atoms. The monoisotopic (exact) mass is 741 g/mol. The number of benzene rings is 5. The van der Waals surface area contributed by atoms with E-state index in [1.165, 1.54) is 53.4 Å². The number of aromatic nitrogens is 1. The minimum Gasteiger partial charge on any atom is -0.497 e. The SMILES string of the molecule is COc1ccc(-c2csc(NC(=O)C(Sc3ccc(NC(=O)/C(=C/c4ccc([N+](=O)[O-])cc4)NC(=O)c4ccccc4)cc3)c3ccccc3)n2)cc1. The van der Waals surface area contributed by atoms with Crippen LogP contribution in [0.25, 0.3) is 17.3 Å². The number of nitrogens with one attached hydrogen (secondary N) is 3. The molecule has 0 aliphatic heterocycles. The highest BCUT2D eigenvalue weighted by Crippen LogP contribution is 2.37. The number of nitro groups is 1. The maximum atomic E-state index is 13.7. The Morgan fingerprint density at radius 3 is 2.13 bits per heavy atom. The van der Waals surface area contributed by atoms with Crippen LogP contribution >= 0.6 is 23.1 Å². The molecule has 53 heavy (non-hydrogen) atoms. The molecule has 5 aromatic carbocycles. The number of amides is 3. The number of hydrogen-bond donors (Lipinski definition) is 3. The number of thiazole rings is 1. The van der Waals surface area contributed by atoms with E-state index in [1.54, 1.807) is 61.7 Å². The summed E-state index contributed by atoms with van der Waals surface area (Å²) in [7, 11) is 1.61. The standard InChI is InChI=1S/C40H31N5O6S2/c1-51-32-20-14-27(15-21-32)35-25-52-40(43-35)44-39(48)36(28-8-4-2-5-9-28)53-33-22-16-30(17-23-33)41-38(47)34(42-37(46)29-10-6-3-7-11-29)24-26-12-18-31(19-13-26)45(49)50/h2-25,36H,1H3,(H,41,47)(H,42,46)(H,43,44,48)/b34-24-. The average molecular weight is 742 g/mol. The van der Waals surface area contributed by atoms with Gasteiger partial charge in [0.05, 0.1) is 17.7 Å². The quantitative estimate of drug-likeness (QED) is 0.0461. The molecular weight excluding hydrogens is 711 g/mol. The first kappa shape index (κ1) is 36.2. The van der Waals surface area contributed by atoms with E-state index in [2.05, 4.69) is 20.9 Å². The molecule has 1 heterocycles. The van der Waals surface area contributed by atoms with Crippen molar-refractivity contribution in [1.82, 2.24) is 10.3 Å². The van der Waals surface area contributed by atoms with Gasteiger partial charge in [-0.15, -0.1) is 23.1 Å². The fourth-order valence-electron chi connectivity index (χ4n) is 5.05. The maximum absolute atomic E-state index is 13.7. The van der Waals surface area contributed by atoms with Crippen LogP contribution in [-0.2, 0) is 9.59 Å². The summed E-state index contributed by atoms with van der Waals surface area (Å²) < 4.78 is 5.24. The first-order valence-electron chi connectivity index (χ1n) is 16.1. The molecule has 0 fully saturated rings. The van der Waals surface area contributed by atoms with Gasteiger partial charge in [0.2, 0.25) is 5.91 Å². The molecule has 0 aliphatic rings. The smallest absolute Gasteiger partial charge is 0.272 e. The third-order valence-corrected chi connectivity index (χ3v) is 9.79. The lowest BCUT2D eigenvalue weighted by Crippen LogP contribution is -2.30. The Morgan fingerprint density at radius 1 is 0.830 bits per heavy atom. The molecule has 6 rings (SSSR count). The second kappa shape index (κ2) is 17.1. The van der Waals surface area contributed by atoms with Gasteiger partial charge in [-0.05, 0) is 90.0 Å². The molecule has 13 heteroatoms. The van der Waals surface area contributed by atoms with Crippen LogP contribution in [0.2, 0.25) is 0 Å². The van der Waals surface area contributed by atoms with Gasteiger partial charge in [0.1, 0.15) is 16.7 Å². The Labute approximate surface area is 312 Å². The molecule has 0 saturated carbocycles. The minimum atomic E-state index is -0.616. The van der Waals surface area contributed by atoms with Crippen molar-refractivity contribution in [2.45, 2.75) is 10.1 Å². The summed E-state index contributed by atoms with van der Waals surface area (Å²) in [5.41, 5.74) is 3.53. The lowest BCUT2D eigenvalue weighted by atomic mass is 10.1. The van der Waals surface area contributed by atoms with Gasteiger partial charge in [-0.2, -0.15) is 0 Å². The molecule has 3 N–H and O–H groups in total. The van der Waals surface area contributed by atoms with Crippen molar-refractivity contribution in [3.05, 3.63) is 171 Å². The summed E-state index contributed by atoms with van der Waals surface area (Å²) in [6.45, 7) is 0. The predicted octanol–water partition coefficient (Wildman–Crippen LogP) is 8.61. The van der Waals surface area contributed by atoms with Crippen LogP contribution in [0.1, 0.15) is 26.7 Å². The molecule has 1 unspecified atom stereocenters. The number of nitro benzene ring substituents is 1. The number of thioether (sulfide) groups is 1. The molecule has 264 valence electrons. The van der Waals surface area contributed by atoms with Crippen LogP contribution < -0.4 is 20.7 Å². The lowest BCUT2D eigenvalue weighted by molar-refractivity contribution is -0.384. The second-order valence-corrected chi connectivity index (χ2v) is 13.4. The number of anilines is 2. The number of rotatable bonds is 13. The molecule has 0 spiro atoms. The average Bonchev–Trinajstić information content (AvgIpc) is 3.66. The first-order valence-corrected chi connectivity index (χ1v) is 17.9. The molecule has 3 amide bonds. The fraction of sp³-hybridized carbons (Fsp3) is 0.0500. The Kier molecular flexibility index (Phi) is 11.7. The van der Waals surface area contributed by atoms with Crippen LogP contribution in [0.5, 0.6) is 5.75 Å². The summed E-state index contributed by atoms with van der Waals surface area (Å²) >= 11 is 2.68. The van der Waals surface area contributed by atoms with Gasteiger partial charge < -0.3 is 20.7 Å². The van der Waals surface area contributed by atoms with E-state index < -0.39 is 22.0 Å². The van der Waals surface area contributed by atoms with Crippen LogP contribution in [0.4, 0.5) is 16.5 Å². The zero-order valence-corrected chi connectivity index (χ0v) is 29.7. The van der Waals surface area contributed by atoms with Crippen molar-refractivity contribution < 1.29 is 24.0 Å². The van der Waals surface area contributed by atoms with Crippen LogP contribution in [-0.4, -0.2) is 34.7 Å². The zero-order valence-electron chi connectivity index (χ0n) is 28.1. The minimum absolute atomic E-state index is 0.0655. The Balaban J connectivity index is 1.17.